The number of aromatic nitrogens is 4. The van der Waals surface area contributed by atoms with Crippen LogP contribution in [0, 0.1) is 18.3 Å². The van der Waals surface area contributed by atoms with Crippen LogP contribution in [0.2, 0.25) is 0 Å². The molecule has 28 heavy (non-hydrogen) atoms. The van der Waals surface area contributed by atoms with Crippen LogP contribution in [-0.2, 0) is 0 Å². The number of aryl methyl sites for hydroxylation is 1. The van der Waals surface area contributed by atoms with Crippen molar-refractivity contribution in [3.8, 4) is 11.8 Å². The molecule has 8 heteroatoms. The van der Waals surface area contributed by atoms with Gasteiger partial charge in [-0.1, -0.05) is 0 Å². The lowest BCUT2D eigenvalue weighted by Gasteiger charge is -2.35. The Hall–Kier alpha value is -3.44. The summed E-state index contributed by atoms with van der Waals surface area (Å²) in [4.78, 5) is 17.3. The van der Waals surface area contributed by atoms with Crippen molar-refractivity contribution in [3.05, 3.63) is 54.4 Å². The molecule has 2 aromatic heterocycles. The van der Waals surface area contributed by atoms with Gasteiger partial charge in [0.05, 0.1) is 18.6 Å². The molecule has 4 rings (SSSR count). The normalized spacial score (nSPS) is 14.7. The van der Waals surface area contributed by atoms with Crippen LogP contribution in [0.4, 0.5) is 17.3 Å². The number of imidazole rings is 1. The first-order valence-electron chi connectivity index (χ1n) is 9.20. The minimum atomic E-state index is 0.284. The van der Waals surface area contributed by atoms with Gasteiger partial charge in [-0.05, 0) is 37.7 Å². The summed E-state index contributed by atoms with van der Waals surface area (Å²) in [6.07, 6.45) is 6.63. The average molecular weight is 374 g/mol. The van der Waals surface area contributed by atoms with Crippen molar-refractivity contribution >= 4 is 17.3 Å². The first kappa shape index (κ1) is 17.9. The van der Waals surface area contributed by atoms with E-state index in [4.69, 9.17) is 5.26 Å². The second-order valence-electron chi connectivity index (χ2n) is 6.95. The zero-order valence-corrected chi connectivity index (χ0v) is 16.0. The van der Waals surface area contributed by atoms with Gasteiger partial charge in [0.25, 0.3) is 0 Å². The highest BCUT2D eigenvalue weighted by Crippen LogP contribution is 2.25. The maximum absolute atomic E-state index is 8.79. The van der Waals surface area contributed by atoms with Crippen LogP contribution in [-0.4, -0.2) is 57.6 Å². The predicted octanol–water partition coefficient (Wildman–Crippen LogP) is 2.34. The molecule has 1 fully saturated rings. The summed E-state index contributed by atoms with van der Waals surface area (Å²) < 4.78 is 1.97. The second kappa shape index (κ2) is 7.66. The number of likely N-dealkylation sites (N-methyl/N-ethyl adjacent to an activating group) is 1. The van der Waals surface area contributed by atoms with Gasteiger partial charge in [-0.25, -0.2) is 15.0 Å². The van der Waals surface area contributed by atoms with Crippen LogP contribution in [0.3, 0.4) is 0 Å². The molecule has 0 unspecified atom stereocenters. The van der Waals surface area contributed by atoms with Gasteiger partial charge < -0.3 is 19.7 Å². The number of hydrogen-bond donors (Lipinski definition) is 1. The predicted molar refractivity (Wildman–Crippen MR) is 108 cm³/mol. The number of hydrogen-bond acceptors (Lipinski definition) is 7. The van der Waals surface area contributed by atoms with Crippen molar-refractivity contribution in [3.63, 3.8) is 0 Å². The second-order valence-corrected chi connectivity index (χ2v) is 6.95. The highest BCUT2D eigenvalue weighted by Gasteiger charge is 2.16. The van der Waals surface area contributed by atoms with Gasteiger partial charge in [0.2, 0.25) is 0 Å². The topological polar surface area (TPSA) is 85.9 Å². The minimum Gasteiger partial charge on any atom is -0.369 e. The van der Waals surface area contributed by atoms with E-state index in [0.29, 0.717) is 11.6 Å². The van der Waals surface area contributed by atoms with Crippen molar-refractivity contribution in [2.24, 2.45) is 0 Å². The minimum absolute atomic E-state index is 0.284. The van der Waals surface area contributed by atoms with Gasteiger partial charge in [0.15, 0.2) is 5.69 Å². The lowest BCUT2D eigenvalue weighted by molar-refractivity contribution is 0.312. The van der Waals surface area contributed by atoms with Gasteiger partial charge in [0.1, 0.15) is 24.0 Å². The van der Waals surface area contributed by atoms with Gasteiger partial charge in [-0.2, -0.15) is 5.26 Å². The Bertz CT molecular complexity index is 994. The Morgan fingerprint density at radius 1 is 1.04 bits per heavy atom. The summed E-state index contributed by atoms with van der Waals surface area (Å²) in [5.41, 5.74) is 3.89. The number of piperazine rings is 1. The number of nitriles is 1. The summed E-state index contributed by atoms with van der Waals surface area (Å²) >= 11 is 0. The van der Waals surface area contributed by atoms with E-state index in [2.05, 4.69) is 62.2 Å². The fraction of sp³-hybridized carbons (Fsp3) is 0.300. The molecule has 8 nitrogen and oxygen atoms in total. The van der Waals surface area contributed by atoms with Crippen molar-refractivity contribution in [2.75, 3.05) is 43.4 Å². The van der Waals surface area contributed by atoms with Crippen LogP contribution in [0.1, 0.15) is 11.3 Å². The monoisotopic (exact) mass is 374 g/mol. The number of nitrogens with zero attached hydrogens (tertiary/aromatic N) is 7. The van der Waals surface area contributed by atoms with E-state index in [0.717, 1.165) is 31.9 Å². The third-order valence-corrected chi connectivity index (χ3v) is 4.93. The number of nitrogens with one attached hydrogen (secondary N) is 1. The molecule has 142 valence electrons. The summed E-state index contributed by atoms with van der Waals surface area (Å²) in [5.74, 6) is 1.21. The van der Waals surface area contributed by atoms with E-state index >= 15 is 0 Å². The number of rotatable bonds is 4. The van der Waals surface area contributed by atoms with E-state index in [1.807, 2.05) is 16.8 Å². The van der Waals surface area contributed by atoms with Gasteiger partial charge in [0, 0.05) is 37.6 Å². The van der Waals surface area contributed by atoms with E-state index in [-0.39, 0.29) is 5.69 Å². The zero-order valence-electron chi connectivity index (χ0n) is 16.0. The Labute approximate surface area is 164 Å². The maximum atomic E-state index is 8.79. The molecular formula is C20H22N8. The molecule has 1 aliphatic rings. The van der Waals surface area contributed by atoms with Crippen molar-refractivity contribution < 1.29 is 0 Å². The molecule has 3 heterocycles. The molecule has 0 atom stereocenters. The standard InChI is InChI=1S/C20H22N8/c1-15-9-17(3-4-18(15)27-7-5-26(2)6-8-27)28-13-20(24-14-28)25-19-12-22-16(10-21)11-23-19/h3-4,9,11-14H,5-8H2,1-2H3,(H,23,25). The lowest BCUT2D eigenvalue weighted by Crippen LogP contribution is -2.44. The summed E-state index contributed by atoms with van der Waals surface area (Å²) in [6.45, 7) is 6.45. The Morgan fingerprint density at radius 2 is 1.86 bits per heavy atom. The Kier molecular flexibility index (Phi) is 4.91. The first-order chi connectivity index (χ1) is 13.6. The van der Waals surface area contributed by atoms with E-state index in [9.17, 15) is 0 Å². The molecule has 0 bridgehead atoms. The van der Waals surface area contributed by atoms with Crippen LogP contribution in [0.5, 0.6) is 0 Å². The maximum Gasteiger partial charge on any atom is 0.158 e. The molecule has 1 aromatic carbocycles. The summed E-state index contributed by atoms with van der Waals surface area (Å²) in [5, 5.41) is 11.9. The van der Waals surface area contributed by atoms with Gasteiger partial charge in [-0.3, -0.25) is 0 Å². The molecule has 0 radical (unpaired) electrons. The first-order valence-corrected chi connectivity index (χ1v) is 9.20. The molecule has 0 aliphatic carbocycles. The van der Waals surface area contributed by atoms with Gasteiger partial charge >= 0.3 is 0 Å². The fourth-order valence-electron chi connectivity index (χ4n) is 3.31. The molecule has 0 amide bonds. The molecule has 1 N–H and O–H groups in total. The molecule has 1 saturated heterocycles. The van der Waals surface area contributed by atoms with Crippen LogP contribution >= 0.6 is 0 Å². The third-order valence-electron chi connectivity index (χ3n) is 4.93. The Balaban J connectivity index is 1.49. The lowest BCUT2D eigenvalue weighted by atomic mass is 10.1. The molecular weight excluding hydrogens is 352 g/mol. The van der Waals surface area contributed by atoms with E-state index in [1.54, 1.807) is 6.33 Å². The SMILES string of the molecule is Cc1cc(-n2cnc(Nc3cnc(C#N)cn3)c2)ccc1N1CCN(C)CC1. The third kappa shape index (κ3) is 3.80. The van der Waals surface area contributed by atoms with E-state index < -0.39 is 0 Å². The highest BCUT2D eigenvalue weighted by atomic mass is 15.2. The van der Waals surface area contributed by atoms with Crippen LogP contribution < -0.4 is 10.2 Å². The molecule has 0 spiro atoms. The number of benzene rings is 1. The number of anilines is 3. The zero-order chi connectivity index (χ0) is 19.5. The molecule has 1 aliphatic heterocycles. The molecule has 0 saturated carbocycles. The molecule has 3 aromatic rings. The van der Waals surface area contributed by atoms with Crippen molar-refractivity contribution in [1.29, 1.82) is 5.26 Å². The van der Waals surface area contributed by atoms with Gasteiger partial charge in [-0.15, -0.1) is 0 Å². The summed E-state index contributed by atoms with van der Waals surface area (Å²) in [7, 11) is 2.17. The van der Waals surface area contributed by atoms with Crippen molar-refractivity contribution in [2.45, 2.75) is 6.92 Å². The van der Waals surface area contributed by atoms with Crippen molar-refractivity contribution in [1.82, 2.24) is 24.4 Å². The average Bonchev–Trinajstić information content (AvgIpc) is 3.18. The fourth-order valence-corrected chi connectivity index (χ4v) is 3.31. The highest BCUT2D eigenvalue weighted by molar-refractivity contribution is 5.58. The smallest absolute Gasteiger partial charge is 0.158 e. The summed E-state index contributed by atoms with van der Waals surface area (Å²) in [6, 6.07) is 8.44. The van der Waals surface area contributed by atoms with Crippen LogP contribution in [0.15, 0.2) is 43.1 Å². The largest absolute Gasteiger partial charge is 0.369 e. The quantitative estimate of drug-likeness (QED) is 0.750. The van der Waals surface area contributed by atoms with Crippen LogP contribution in [0.25, 0.3) is 5.69 Å². The van der Waals surface area contributed by atoms with E-state index in [1.165, 1.54) is 23.6 Å². The Morgan fingerprint density at radius 3 is 2.54 bits per heavy atom.